The standard InChI is InChI=1S/C24H31N5O7/c1-24(2,3)36-22(33)25-12-17-11-18(13-28(17)14-20(30)31)29-10-9-19(26-21(29)32)27-23(34)35-15-16-7-5-4-6-8-16/h4-10,17-18H,11-15H2,1-3H3,(H,25,33)(H,30,31)(H,26,27,32,34)/t17-,18-/m1/s1. The highest BCUT2D eigenvalue weighted by Gasteiger charge is 2.35. The fourth-order valence-corrected chi connectivity index (χ4v) is 3.88. The molecule has 0 aliphatic carbocycles. The lowest BCUT2D eigenvalue weighted by molar-refractivity contribution is -0.138. The number of aliphatic carboxylic acids is 1. The maximum atomic E-state index is 12.7. The van der Waals surface area contributed by atoms with Gasteiger partial charge in [-0.05, 0) is 38.8 Å². The quantitative estimate of drug-likeness (QED) is 0.494. The van der Waals surface area contributed by atoms with Crippen LogP contribution in [0, 0.1) is 0 Å². The van der Waals surface area contributed by atoms with Gasteiger partial charge in [0.15, 0.2) is 0 Å². The number of carbonyl (C=O) groups excluding carboxylic acids is 2. The van der Waals surface area contributed by atoms with Crippen LogP contribution in [0.5, 0.6) is 0 Å². The Balaban J connectivity index is 1.61. The van der Waals surface area contributed by atoms with Crippen LogP contribution in [0.4, 0.5) is 15.4 Å². The summed E-state index contributed by atoms with van der Waals surface area (Å²) in [4.78, 5) is 53.7. The third-order valence-electron chi connectivity index (χ3n) is 5.39. The van der Waals surface area contributed by atoms with Crippen molar-refractivity contribution in [2.45, 2.75) is 51.5 Å². The molecule has 0 spiro atoms. The number of aromatic nitrogens is 2. The SMILES string of the molecule is CC(C)(C)OC(=O)NC[C@H]1C[C@@H](n2ccc(NC(=O)OCc3ccccc3)nc2=O)CN1CC(=O)O. The molecule has 12 nitrogen and oxygen atoms in total. The molecule has 0 unspecified atom stereocenters. The van der Waals surface area contributed by atoms with Crippen LogP contribution in [-0.4, -0.2) is 69.0 Å². The number of ether oxygens (including phenoxy) is 2. The molecule has 3 N–H and O–H groups in total. The second-order valence-corrected chi connectivity index (χ2v) is 9.44. The number of nitrogens with one attached hydrogen (secondary N) is 2. The first kappa shape index (κ1) is 26.7. The van der Waals surface area contributed by atoms with Gasteiger partial charge < -0.3 is 19.9 Å². The van der Waals surface area contributed by atoms with Crippen LogP contribution in [0.3, 0.4) is 0 Å². The number of alkyl carbamates (subject to hydrolysis) is 1. The van der Waals surface area contributed by atoms with Gasteiger partial charge in [0.2, 0.25) is 0 Å². The minimum atomic E-state index is -1.02. The fraction of sp³-hybridized carbons (Fsp3) is 0.458. The van der Waals surface area contributed by atoms with E-state index < -0.39 is 29.4 Å². The van der Waals surface area contributed by atoms with Crippen molar-refractivity contribution in [3.8, 4) is 0 Å². The van der Waals surface area contributed by atoms with Gasteiger partial charge in [-0.2, -0.15) is 4.98 Å². The number of carboxylic acids is 1. The molecule has 1 aromatic heterocycles. The van der Waals surface area contributed by atoms with Crippen molar-refractivity contribution in [3.63, 3.8) is 0 Å². The Hall–Kier alpha value is -3.93. The van der Waals surface area contributed by atoms with Gasteiger partial charge in [-0.1, -0.05) is 30.3 Å². The zero-order valence-electron chi connectivity index (χ0n) is 20.5. The second kappa shape index (κ2) is 11.7. The summed E-state index contributed by atoms with van der Waals surface area (Å²) in [5.41, 5.74) is -0.443. The van der Waals surface area contributed by atoms with Crippen LogP contribution in [0.1, 0.15) is 38.8 Å². The molecule has 2 amide bonds. The summed E-state index contributed by atoms with van der Waals surface area (Å²) in [5, 5.41) is 14.4. The second-order valence-electron chi connectivity index (χ2n) is 9.44. The molecule has 2 aromatic rings. The summed E-state index contributed by atoms with van der Waals surface area (Å²) < 4.78 is 11.8. The van der Waals surface area contributed by atoms with E-state index in [0.29, 0.717) is 6.42 Å². The summed E-state index contributed by atoms with van der Waals surface area (Å²) >= 11 is 0. The topological polar surface area (TPSA) is 152 Å². The number of benzene rings is 1. The van der Waals surface area contributed by atoms with Crippen LogP contribution in [0.25, 0.3) is 0 Å². The summed E-state index contributed by atoms with van der Waals surface area (Å²) in [6.45, 7) is 5.51. The molecule has 1 saturated heterocycles. The summed E-state index contributed by atoms with van der Waals surface area (Å²) in [6, 6.07) is 9.93. The fourth-order valence-electron chi connectivity index (χ4n) is 3.88. The average molecular weight is 502 g/mol. The Morgan fingerprint density at radius 2 is 1.86 bits per heavy atom. The zero-order chi connectivity index (χ0) is 26.3. The number of nitrogens with zero attached hydrogens (tertiary/aromatic N) is 3. The predicted molar refractivity (Wildman–Crippen MR) is 130 cm³/mol. The molecular weight excluding hydrogens is 470 g/mol. The van der Waals surface area contributed by atoms with Crippen molar-refractivity contribution in [1.29, 1.82) is 0 Å². The molecule has 0 bridgehead atoms. The number of amides is 2. The lowest BCUT2D eigenvalue weighted by atomic mass is 10.1. The van der Waals surface area contributed by atoms with Crippen molar-refractivity contribution >= 4 is 24.0 Å². The van der Waals surface area contributed by atoms with E-state index in [-0.39, 0.29) is 44.1 Å². The van der Waals surface area contributed by atoms with Gasteiger partial charge >= 0.3 is 23.8 Å². The largest absolute Gasteiger partial charge is 0.480 e. The van der Waals surface area contributed by atoms with Gasteiger partial charge in [-0.3, -0.25) is 19.6 Å². The average Bonchev–Trinajstić information content (AvgIpc) is 3.17. The van der Waals surface area contributed by atoms with Gasteiger partial charge in [0, 0.05) is 25.3 Å². The molecule has 3 rings (SSSR count). The van der Waals surface area contributed by atoms with Gasteiger partial charge in [0.1, 0.15) is 18.0 Å². The van der Waals surface area contributed by atoms with E-state index in [0.717, 1.165) is 5.56 Å². The lowest BCUT2D eigenvalue weighted by Crippen LogP contribution is -2.43. The minimum Gasteiger partial charge on any atom is -0.480 e. The minimum absolute atomic E-state index is 0.0397. The number of rotatable bonds is 8. The van der Waals surface area contributed by atoms with Crippen molar-refractivity contribution in [1.82, 2.24) is 19.8 Å². The molecule has 0 saturated carbocycles. The van der Waals surface area contributed by atoms with E-state index in [2.05, 4.69) is 15.6 Å². The van der Waals surface area contributed by atoms with Crippen LogP contribution < -0.4 is 16.3 Å². The van der Waals surface area contributed by atoms with Crippen LogP contribution in [0.2, 0.25) is 0 Å². The van der Waals surface area contributed by atoms with E-state index in [1.165, 1.54) is 16.8 Å². The van der Waals surface area contributed by atoms with Gasteiger partial charge in [0.25, 0.3) is 0 Å². The van der Waals surface area contributed by atoms with E-state index in [9.17, 15) is 24.3 Å². The molecule has 1 aliphatic heterocycles. The Morgan fingerprint density at radius 1 is 1.14 bits per heavy atom. The van der Waals surface area contributed by atoms with E-state index in [1.807, 2.05) is 30.3 Å². The number of likely N-dealkylation sites (tertiary alicyclic amines) is 1. The summed E-state index contributed by atoms with van der Waals surface area (Å²) in [7, 11) is 0. The highest BCUT2D eigenvalue weighted by Crippen LogP contribution is 2.26. The molecule has 194 valence electrons. The molecule has 0 radical (unpaired) electrons. The molecule has 12 heteroatoms. The van der Waals surface area contributed by atoms with Gasteiger partial charge in [-0.25, -0.2) is 14.4 Å². The predicted octanol–water partition coefficient (Wildman–Crippen LogP) is 2.22. The number of hydrogen-bond acceptors (Lipinski definition) is 8. The number of carbonyl (C=O) groups is 3. The Morgan fingerprint density at radius 3 is 2.50 bits per heavy atom. The lowest BCUT2D eigenvalue weighted by Gasteiger charge is -2.24. The molecule has 36 heavy (non-hydrogen) atoms. The van der Waals surface area contributed by atoms with E-state index in [1.54, 1.807) is 25.7 Å². The van der Waals surface area contributed by atoms with E-state index >= 15 is 0 Å². The van der Waals surface area contributed by atoms with Gasteiger partial charge in [0.05, 0.1) is 12.6 Å². The Labute approximate surface area is 208 Å². The zero-order valence-corrected chi connectivity index (χ0v) is 20.5. The Kier molecular flexibility index (Phi) is 8.64. The molecule has 2 heterocycles. The molecule has 1 aromatic carbocycles. The van der Waals surface area contributed by atoms with E-state index in [4.69, 9.17) is 9.47 Å². The number of hydrogen-bond donors (Lipinski definition) is 3. The van der Waals surface area contributed by atoms with Crippen LogP contribution >= 0.6 is 0 Å². The van der Waals surface area contributed by atoms with Crippen molar-refractivity contribution in [3.05, 3.63) is 58.6 Å². The maximum Gasteiger partial charge on any atom is 0.413 e. The highest BCUT2D eigenvalue weighted by molar-refractivity contribution is 5.83. The summed E-state index contributed by atoms with van der Waals surface area (Å²) in [6.07, 6.45) is 0.561. The first-order valence-corrected chi connectivity index (χ1v) is 11.5. The smallest absolute Gasteiger partial charge is 0.413 e. The monoisotopic (exact) mass is 501 g/mol. The van der Waals surface area contributed by atoms with Crippen molar-refractivity contribution in [2.75, 3.05) is 25.0 Å². The molecular formula is C24H31N5O7. The third kappa shape index (κ3) is 8.08. The van der Waals surface area contributed by atoms with Crippen molar-refractivity contribution in [2.24, 2.45) is 0 Å². The first-order chi connectivity index (χ1) is 17.0. The number of anilines is 1. The highest BCUT2D eigenvalue weighted by atomic mass is 16.6. The summed E-state index contributed by atoms with van der Waals surface area (Å²) in [5.74, 6) is -0.977. The molecule has 1 fully saturated rings. The van der Waals surface area contributed by atoms with Crippen LogP contribution in [0.15, 0.2) is 47.4 Å². The first-order valence-electron chi connectivity index (χ1n) is 11.5. The molecule has 1 aliphatic rings. The maximum absolute atomic E-state index is 12.7. The normalized spacial score (nSPS) is 17.9. The Bertz CT molecular complexity index is 1130. The third-order valence-corrected chi connectivity index (χ3v) is 5.39. The molecule has 2 atom stereocenters. The number of carboxylic acid groups (broad SMARTS) is 1. The van der Waals surface area contributed by atoms with Gasteiger partial charge in [-0.15, -0.1) is 0 Å². The van der Waals surface area contributed by atoms with Crippen molar-refractivity contribution < 1.29 is 29.0 Å². The van der Waals surface area contributed by atoms with Crippen LogP contribution in [-0.2, 0) is 20.9 Å².